The Bertz CT molecular complexity index is 445. The van der Waals surface area contributed by atoms with Crippen LogP contribution >= 0.6 is 0 Å². The summed E-state index contributed by atoms with van der Waals surface area (Å²) in [6, 6.07) is 4.54. The first-order chi connectivity index (χ1) is 9.77. The maximum absolute atomic E-state index is 11.0. The van der Waals surface area contributed by atoms with Gasteiger partial charge in [0.25, 0.3) is 0 Å². The third-order valence-electron chi connectivity index (χ3n) is 2.74. The van der Waals surface area contributed by atoms with E-state index in [0.717, 1.165) is 6.42 Å². The van der Waals surface area contributed by atoms with Gasteiger partial charge in [-0.25, -0.2) is 4.79 Å². The minimum absolute atomic E-state index is 0.161. The fourth-order valence-electron chi connectivity index (χ4n) is 1.76. The molecule has 0 spiro atoms. The van der Waals surface area contributed by atoms with E-state index in [1.165, 1.54) is 12.1 Å². The van der Waals surface area contributed by atoms with Gasteiger partial charge in [-0.15, -0.1) is 0 Å². The molecule has 1 aromatic carbocycles. The molecule has 1 heterocycles. The molecule has 0 unspecified atom stereocenters. The van der Waals surface area contributed by atoms with Crippen LogP contribution in [0.1, 0.15) is 16.8 Å². The molecule has 110 valence electrons. The first-order valence-electron chi connectivity index (χ1n) is 6.56. The maximum atomic E-state index is 11.0. The molecule has 0 saturated heterocycles. The molecule has 0 bridgehead atoms. The van der Waals surface area contributed by atoms with Crippen LogP contribution in [0.5, 0.6) is 11.5 Å². The van der Waals surface area contributed by atoms with Gasteiger partial charge in [0.05, 0.1) is 18.8 Å². The van der Waals surface area contributed by atoms with Crippen LogP contribution in [0.2, 0.25) is 0 Å². The van der Waals surface area contributed by atoms with Crippen molar-refractivity contribution in [1.82, 2.24) is 0 Å². The van der Waals surface area contributed by atoms with Crippen molar-refractivity contribution >= 4 is 5.97 Å². The molecule has 0 radical (unpaired) electrons. The molecular weight excluding hydrogens is 264 g/mol. The van der Waals surface area contributed by atoms with Crippen LogP contribution in [0.15, 0.2) is 18.2 Å². The molecule has 6 nitrogen and oxygen atoms in total. The molecule has 0 fully saturated rings. The van der Waals surface area contributed by atoms with Crippen molar-refractivity contribution in [3.63, 3.8) is 0 Å². The lowest BCUT2D eigenvalue weighted by Gasteiger charge is -2.13. The number of ether oxygens (including phenoxy) is 4. The van der Waals surface area contributed by atoms with E-state index in [9.17, 15) is 4.79 Å². The fourth-order valence-corrected chi connectivity index (χ4v) is 1.76. The predicted octanol–water partition coefficient (Wildman–Crippen LogP) is 1.58. The highest BCUT2D eigenvalue weighted by Crippen LogP contribution is 2.28. The summed E-state index contributed by atoms with van der Waals surface area (Å²) in [7, 11) is 0. The quantitative estimate of drug-likeness (QED) is 0.843. The third kappa shape index (κ3) is 4.40. The molecule has 6 heteroatoms. The second kappa shape index (κ2) is 7.72. The fraction of sp³-hybridized carbons (Fsp3) is 0.500. The molecule has 1 N–H and O–H groups in total. The van der Waals surface area contributed by atoms with Crippen LogP contribution in [-0.4, -0.2) is 50.7 Å². The number of hydrogen-bond acceptors (Lipinski definition) is 5. The number of rotatable bonds is 1. The highest BCUT2D eigenvalue weighted by Gasteiger charge is 2.11. The summed E-state index contributed by atoms with van der Waals surface area (Å²) in [5.41, 5.74) is 0.161. The Morgan fingerprint density at radius 1 is 0.900 bits per heavy atom. The zero-order chi connectivity index (χ0) is 14.2. The van der Waals surface area contributed by atoms with Gasteiger partial charge in [0.1, 0.15) is 13.2 Å². The van der Waals surface area contributed by atoms with E-state index in [4.69, 9.17) is 24.1 Å². The molecule has 20 heavy (non-hydrogen) atoms. The van der Waals surface area contributed by atoms with Crippen molar-refractivity contribution in [3.05, 3.63) is 23.8 Å². The molecular formula is C14H18O6. The molecule has 0 amide bonds. The van der Waals surface area contributed by atoms with Gasteiger partial charge in [0.15, 0.2) is 11.5 Å². The summed E-state index contributed by atoms with van der Waals surface area (Å²) in [6.45, 7) is 2.90. The van der Waals surface area contributed by atoms with Crippen molar-refractivity contribution in [2.75, 3.05) is 39.6 Å². The second-order valence-electron chi connectivity index (χ2n) is 4.24. The average molecular weight is 282 g/mol. The molecule has 1 aliphatic heterocycles. The van der Waals surface area contributed by atoms with E-state index in [1.54, 1.807) is 6.07 Å². The monoisotopic (exact) mass is 282 g/mol. The highest BCUT2D eigenvalue weighted by molar-refractivity contribution is 5.88. The topological polar surface area (TPSA) is 74.2 Å². The zero-order valence-electron chi connectivity index (χ0n) is 11.2. The van der Waals surface area contributed by atoms with Gasteiger partial charge in [-0.1, -0.05) is 0 Å². The first kappa shape index (κ1) is 14.6. The first-order valence-corrected chi connectivity index (χ1v) is 6.56. The van der Waals surface area contributed by atoms with Crippen molar-refractivity contribution in [2.24, 2.45) is 0 Å². The number of carbonyl (C=O) groups is 1. The molecule has 0 saturated carbocycles. The van der Waals surface area contributed by atoms with Gasteiger partial charge in [0, 0.05) is 13.2 Å². The van der Waals surface area contributed by atoms with Crippen LogP contribution in [0.25, 0.3) is 0 Å². The lowest BCUT2D eigenvalue weighted by Crippen LogP contribution is -2.09. The average Bonchev–Trinajstić information content (AvgIpc) is 2.46. The number of carboxylic acid groups (broad SMARTS) is 1. The van der Waals surface area contributed by atoms with Gasteiger partial charge in [-0.3, -0.25) is 0 Å². The van der Waals surface area contributed by atoms with Crippen molar-refractivity contribution in [1.29, 1.82) is 0 Å². The number of fused-ring (bicyclic) bond motifs is 1. The standard InChI is InChI=1S/C14H18O6/c15-14(16)11-2-3-12-13(10-11)20-9-7-18-5-1-4-17-6-8-19-12/h2-3,10H,1,4-9H2,(H,15,16). The van der Waals surface area contributed by atoms with Crippen LogP contribution < -0.4 is 9.47 Å². The van der Waals surface area contributed by atoms with Crippen molar-refractivity contribution < 1.29 is 28.8 Å². The summed E-state index contributed by atoms with van der Waals surface area (Å²) < 4.78 is 21.9. The van der Waals surface area contributed by atoms with E-state index in [-0.39, 0.29) is 5.56 Å². The van der Waals surface area contributed by atoms with Crippen LogP contribution in [-0.2, 0) is 9.47 Å². The molecule has 2 rings (SSSR count). The largest absolute Gasteiger partial charge is 0.487 e. The summed E-state index contributed by atoms with van der Waals surface area (Å²) in [5, 5.41) is 8.99. The summed E-state index contributed by atoms with van der Waals surface area (Å²) in [6.07, 6.45) is 0.829. The van der Waals surface area contributed by atoms with Crippen molar-refractivity contribution in [2.45, 2.75) is 6.42 Å². The summed E-state index contributed by atoms with van der Waals surface area (Å²) >= 11 is 0. The normalized spacial score (nSPS) is 17.4. The Hall–Kier alpha value is -1.79. The number of aromatic carboxylic acids is 1. The van der Waals surface area contributed by atoms with Crippen LogP contribution in [0, 0.1) is 0 Å². The smallest absolute Gasteiger partial charge is 0.335 e. The molecule has 0 aromatic heterocycles. The molecule has 0 atom stereocenters. The van der Waals surface area contributed by atoms with Gasteiger partial charge < -0.3 is 24.1 Å². The number of carboxylic acids is 1. The Morgan fingerprint density at radius 3 is 2.20 bits per heavy atom. The Kier molecular flexibility index (Phi) is 5.64. The molecule has 1 aromatic rings. The minimum Gasteiger partial charge on any atom is -0.487 e. The summed E-state index contributed by atoms with van der Waals surface area (Å²) in [5.74, 6) is -0.0792. The Balaban J connectivity index is 2.09. The van der Waals surface area contributed by atoms with E-state index in [1.807, 2.05) is 0 Å². The molecule has 0 aliphatic carbocycles. The van der Waals surface area contributed by atoms with E-state index in [2.05, 4.69) is 0 Å². The van der Waals surface area contributed by atoms with Crippen molar-refractivity contribution in [3.8, 4) is 11.5 Å². The minimum atomic E-state index is -1.00. The lowest BCUT2D eigenvalue weighted by atomic mass is 10.2. The van der Waals surface area contributed by atoms with Gasteiger partial charge >= 0.3 is 5.97 Å². The third-order valence-corrected chi connectivity index (χ3v) is 2.74. The zero-order valence-corrected chi connectivity index (χ0v) is 11.2. The van der Waals surface area contributed by atoms with E-state index < -0.39 is 5.97 Å². The predicted molar refractivity (Wildman–Crippen MR) is 70.6 cm³/mol. The van der Waals surface area contributed by atoms with Gasteiger partial charge in [0.2, 0.25) is 0 Å². The van der Waals surface area contributed by atoms with Gasteiger partial charge in [-0.2, -0.15) is 0 Å². The van der Waals surface area contributed by atoms with E-state index >= 15 is 0 Å². The van der Waals surface area contributed by atoms with Gasteiger partial charge in [-0.05, 0) is 24.6 Å². The lowest BCUT2D eigenvalue weighted by molar-refractivity contribution is 0.0638. The SMILES string of the molecule is O=C(O)c1ccc2c(c1)OCCOCCCOCCO2. The Labute approximate surface area is 117 Å². The van der Waals surface area contributed by atoms with Crippen LogP contribution in [0.4, 0.5) is 0 Å². The summed E-state index contributed by atoms with van der Waals surface area (Å²) in [4.78, 5) is 11.0. The van der Waals surface area contributed by atoms with Crippen LogP contribution in [0.3, 0.4) is 0 Å². The Morgan fingerprint density at radius 2 is 1.55 bits per heavy atom. The highest BCUT2D eigenvalue weighted by atomic mass is 16.6. The molecule has 1 aliphatic rings. The second-order valence-corrected chi connectivity index (χ2v) is 4.24. The number of hydrogen-bond donors (Lipinski definition) is 1. The maximum Gasteiger partial charge on any atom is 0.335 e. The number of benzene rings is 1. The van der Waals surface area contributed by atoms with E-state index in [0.29, 0.717) is 51.1 Å².